The van der Waals surface area contributed by atoms with Crippen LogP contribution in [-0.2, 0) is 9.53 Å². The van der Waals surface area contributed by atoms with Gasteiger partial charge in [-0.1, -0.05) is 13.0 Å². The van der Waals surface area contributed by atoms with Gasteiger partial charge in [0.1, 0.15) is 11.9 Å². The Morgan fingerprint density at radius 2 is 1.94 bits per heavy atom. The van der Waals surface area contributed by atoms with E-state index in [0.717, 1.165) is 8.47 Å². The van der Waals surface area contributed by atoms with Crippen LogP contribution in [0.1, 0.15) is 31.4 Å². The quantitative estimate of drug-likeness (QED) is 0.107. The molecule has 0 aromatic heterocycles. The van der Waals surface area contributed by atoms with Gasteiger partial charge in [0, 0.05) is 25.8 Å². The molecule has 7 nitrogen and oxygen atoms in total. The molecular weight excluding hydrogens is 531 g/mol. The molecule has 2 rings (SSSR count). The van der Waals surface area contributed by atoms with E-state index in [9.17, 15) is 14.7 Å². The van der Waals surface area contributed by atoms with Crippen molar-refractivity contribution in [1.82, 2.24) is 5.48 Å². The average molecular weight is 556 g/mol. The second-order valence-electron chi connectivity index (χ2n) is 6.82. The molecule has 2 amide bonds. The number of benzene rings is 2. The van der Waals surface area contributed by atoms with Crippen molar-refractivity contribution in [2.45, 2.75) is 30.8 Å². The van der Waals surface area contributed by atoms with Crippen molar-refractivity contribution in [3.63, 3.8) is 0 Å². The van der Waals surface area contributed by atoms with Crippen LogP contribution >= 0.6 is 34.4 Å². The van der Waals surface area contributed by atoms with Gasteiger partial charge in [-0.15, -0.1) is 11.8 Å². The van der Waals surface area contributed by atoms with Crippen LogP contribution in [0.15, 0.2) is 59.5 Å². The molecule has 0 unspecified atom stereocenters. The lowest BCUT2D eigenvalue weighted by atomic mass is 9.92. The number of hydroxylamine groups is 1. The SMILES string of the molecule is CSc1ccc(NC(=O)O[C@H](c2cc(I)ccc2O)[C@H](C)CC/C=C/C(=O)NO)cc1. The minimum atomic E-state index is -0.694. The molecule has 166 valence electrons. The molecule has 2 atom stereocenters. The first-order chi connectivity index (χ1) is 14.8. The number of carbonyl (C=O) groups is 2. The molecule has 0 radical (unpaired) electrons. The summed E-state index contributed by atoms with van der Waals surface area (Å²) in [5.74, 6) is -0.720. The fourth-order valence-electron chi connectivity index (χ4n) is 2.91. The maximum Gasteiger partial charge on any atom is 0.412 e. The van der Waals surface area contributed by atoms with Gasteiger partial charge in [0.25, 0.3) is 5.91 Å². The van der Waals surface area contributed by atoms with E-state index >= 15 is 0 Å². The maximum absolute atomic E-state index is 12.6. The summed E-state index contributed by atoms with van der Waals surface area (Å²) < 4.78 is 6.63. The fraction of sp³-hybridized carbons (Fsp3) is 0.273. The number of ether oxygens (including phenoxy) is 1. The Hall–Kier alpha value is -2.24. The van der Waals surface area contributed by atoms with Crippen molar-refractivity contribution >= 4 is 52.0 Å². The molecule has 31 heavy (non-hydrogen) atoms. The summed E-state index contributed by atoms with van der Waals surface area (Å²) in [6.07, 6.45) is 4.62. The Morgan fingerprint density at radius 1 is 1.23 bits per heavy atom. The predicted molar refractivity (Wildman–Crippen MR) is 129 cm³/mol. The second kappa shape index (κ2) is 12.6. The van der Waals surface area contributed by atoms with Gasteiger partial charge >= 0.3 is 6.09 Å². The molecular formula is C22H25IN2O5S. The third-order valence-corrected chi connectivity index (χ3v) is 5.97. The number of hydrogen-bond acceptors (Lipinski definition) is 6. The summed E-state index contributed by atoms with van der Waals surface area (Å²) in [5, 5.41) is 21.6. The van der Waals surface area contributed by atoms with Gasteiger partial charge in [0.15, 0.2) is 0 Å². The van der Waals surface area contributed by atoms with E-state index in [1.165, 1.54) is 11.6 Å². The number of carbonyl (C=O) groups excluding carboxylic acids is 2. The largest absolute Gasteiger partial charge is 0.508 e. The number of amides is 2. The van der Waals surface area contributed by atoms with E-state index in [2.05, 4.69) is 27.9 Å². The Balaban J connectivity index is 2.14. The first kappa shape index (κ1) is 25.0. The zero-order chi connectivity index (χ0) is 22.8. The summed E-state index contributed by atoms with van der Waals surface area (Å²) in [7, 11) is 0. The van der Waals surface area contributed by atoms with Crippen LogP contribution in [0, 0.1) is 9.49 Å². The lowest BCUT2D eigenvalue weighted by molar-refractivity contribution is -0.124. The molecule has 0 heterocycles. The van der Waals surface area contributed by atoms with E-state index in [4.69, 9.17) is 9.94 Å². The minimum Gasteiger partial charge on any atom is -0.508 e. The van der Waals surface area contributed by atoms with Crippen molar-refractivity contribution < 1.29 is 24.6 Å². The third kappa shape index (κ3) is 8.08. The monoisotopic (exact) mass is 556 g/mol. The molecule has 0 aliphatic carbocycles. The van der Waals surface area contributed by atoms with Crippen LogP contribution in [0.5, 0.6) is 5.75 Å². The number of phenols is 1. The first-order valence-electron chi connectivity index (χ1n) is 9.54. The van der Waals surface area contributed by atoms with E-state index in [0.29, 0.717) is 24.1 Å². The maximum atomic E-state index is 12.6. The lowest BCUT2D eigenvalue weighted by Gasteiger charge is -2.25. The van der Waals surface area contributed by atoms with Crippen LogP contribution in [0.2, 0.25) is 0 Å². The molecule has 2 aromatic carbocycles. The lowest BCUT2D eigenvalue weighted by Crippen LogP contribution is -2.22. The Kier molecular flexibility index (Phi) is 10.2. The van der Waals surface area contributed by atoms with Crippen molar-refractivity contribution in [2.24, 2.45) is 5.92 Å². The van der Waals surface area contributed by atoms with E-state index in [1.54, 1.807) is 48.2 Å². The number of hydrogen-bond donors (Lipinski definition) is 4. The van der Waals surface area contributed by atoms with Crippen molar-refractivity contribution in [3.8, 4) is 5.75 Å². The number of halogens is 1. The molecule has 0 saturated carbocycles. The van der Waals surface area contributed by atoms with Crippen LogP contribution in [0.25, 0.3) is 0 Å². The molecule has 4 N–H and O–H groups in total. The number of aromatic hydroxyl groups is 1. The summed E-state index contributed by atoms with van der Waals surface area (Å²) in [6, 6.07) is 12.5. The van der Waals surface area contributed by atoms with Crippen molar-refractivity contribution in [3.05, 3.63) is 63.8 Å². The molecule has 0 aliphatic rings. The molecule has 0 saturated heterocycles. The highest BCUT2D eigenvalue weighted by Crippen LogP contribution is 2.36. The number of rotatable bonds is 9. The zero-order valence-corrected chi connectivity index (χ0v) is 20.1. The van der Waals surface area contributed by atoms with Crippen molar-refractivity contribution in [2.75, 3.05) is 11.6 Å². The summed E-state index contributed by atoms with van der Waals surface area (Å²) in [4.78, 5) is 24.8. The van der Waals surface area contributed by atoms with Gasteiger partial charge in [-0.25, -0.2) is 10.3 Å². The number of nitrogens with one attached hydrogen (secondary N) is 2. The molecule has 0 fully saturated rings. The Bertz CT molecular complexity index is 921. The van der Waals surface area contributed by atoms with Gasteiger partial charge < -0.3 is 9.84 Å². The molecule has 0 aliphatic heterocycles. The van der Waals surface area contributed by atoms with Crippen LogP contribution in [0.3, 0.4) is 0 Å². The molecule has 0 bridgehead atoms. The van der Waals surface area contributed by atoms with E-state index < -0.39 is 18.1 Å². The fourth-order valence-corrected chi connectivity index (χ4v) is 3.84. The Labute approximate surface area is 199 Å². The normalized spacial score (nSPS) is 12.9. The smallest absolute Gasteiger partial charge is 0.412 e. The van der Waals surface area contributed by atoms with E-state index in [1.807, 2.05) is 25.3 Å². The second-order valence-corrected chi connectivity index (χ2v) is 8.94. The first-order valence-corrected chi connectivity index (χ1v) is 11.8. The Morgan fingerprint density at radius 3 is 2.58 bits per heavy atom. The summed E-state index contributed by atoms with van der Waals surface area (Å²) >= 11 is 3.74. The average Bonchev–Trinajstić information content (AvgIpc) is 2.77. The van der Waals surface area contributed by atoms with Crippen LogP contribution in [-0.4, -0.2) is 28.6 Å². The standard InChI is InChI=1S/C22H25IN2O5S/c1-14(5-3-4-6-20(27)25-29)21(18-13-15(23)7-12-19(18)26)30-22(28)24-16-8-10-17(31-2)11-9-16/h4,6-14,21,26,29H,3,5H2,1-2H3,(H,24,28)(H,25,27)/b6-4+/t14-,21+/m1/s1. The molecule has 2 aromatic rings. The highest BCUT2D eigenvalue weighted by molar-refractivity contribution is 14.1. The number of thioether (sulfide) groups is 1. The number of phenolic OH excluding ortho intramolecular Hbond substituents is 1. The number of allylic oxidation sites excluding steroid dienone is 1. The van der Waals surface area contributed by atoms with Crippen LogP contribution in [0.4, 0.5) is 10.5 Å². The van der Waals surface area contributed by atoms with Crippen molar-refractivity contribution in [1.29, 1.82) is 0 Å². The predicted octanol–water partition coefficient (Wildman–Crippen LogP) is 5.49. The molecule has 9 heteroatoms. The molecule has 0 spiro atoms. The van der Waals surface area contributed by atoms with E-state index in [-0.39, 0.29) is 11.7 Å². The number of anilines is 1. The van der Waals surface area contributed by atoms with Gasteiger partial charge in [0.05, 0.1) is 0 Å². The summed E-state index contributed by atoms with van der Waals surface area (Å²) in [6.45, 7) is 1.91. The van der Waals surface area contributed by atoms with Gasteiger partial charge in [-0.05, 0) is 90.1 Å². The third-order valence-electron chi connectivity index (χ3n) is 4.55. The summed E-state index contributed by atoms with van der Waals surface area (Å²) in [5.41, 5.74) is 2.66. The van der Waals surface area contributed by atoms with Gasteiger partial charge in [-0.2, -0.15) is 0 Å². The topological polar surface area (TPSA) is 108 Å². The van der Waals surface area contributed by atoms with Crippen LogP contribution < -0.4 is 10.8 Å². The van der Waals surface area contributed by atoms with Gasteiger partial charge in [0.2, 0.25) is 0 Å². The zero-order valence-electron chi connectivity index (χ0n) is 17.2. The highest BCUT2D eigenvalue weighted by atomic mass is 127. The minimum absolute atomic E-state index is 0.0459. The highest BCUT2D eigenvalue weighted by Gasteiger charge is 2.26. The van der Waals surface area contributed by atoms with Gasteiger partial charge in [-0.3, -0.25) is 15.3 Å².